The minimum absolute atomic E-state index is 0.0730. The molecule has 1 aliphatic carbocycles. The van der Waals surface area contributed by atoms with Gasteiger partial charge in [-0.05, 0) is 18.8 Å². The molecule has 0 spiro atoms. The Bertz CT molecular complexity index is 451. The number of alkyl halides is 1. The van der Waals surface area contributed by atoms with Crippen molar-refractivity contribution < 1.29 is 9.18 Å². The number of rotatable bonds is 3. The predicted molar refractivity (Wildman–Crippen MR) is 73.3 cm³/mol. The molecule has 0 unspecified atom stereocenters. The number of carbonyl (C=O) groups is 1. The van der Waals surface area contributed by atoms with E-state index >= 15 is 0 Å². The number of amides is 2. The maximum absolute atomic E-state index is 12.3. The summed E-state index contributed by atoms with van der Waals surface area (Å²) in [6.07, 6.45) is 1.43. The smallest absolute Gasteiger partial charge is 0.321 e. The summed E-state index contributed by atoms with van der Waals surface area (Å²) in [5.74, 6) is 0.110. The summed E-state index contributed by atoms with van der Waals surface area (Å²) in [4.78, 5) is 11.7. The van der Waals surface area contributed by atoms with Gasteiger partial charge in [0.15, 0.2) is 0 Å². The molecule has 0 atom stereocenters. The van der Waals surface area contributed by atoms with E-state index < -0.39 is 0 Å². The Kier molecular flexibility index (Phi) is 4.03. The first-order chi connectivity index (χ1) is 8.88. The number of hydrogen-bond acceptors (Lipinski definition) is 4. The lowest BCUT2D eigenvalue weighted by molar-refractivity contribution is 0.181. The molecule has 1 heterocycles. The molecule has 1 saturated carbocycles. The van der Waals surface area contributed by atoms with E-state index in [-0.39, 0.29) is 30.1 Å². The Morgan fingerprint density at radius 3 is 2.63 bits per heavy atom. The van der Waals surface area contributed by atoms with Crippen molar-refractivity contribution in [1.82, 2.24) is 15.5 Å². The van der Waals surface area contributed by atoms with Gasteiger partial charge < -0.3 is 5.32 Å². The molecule has 2 amide bonds. The van der Waals surface area contributed by atoms with E-state index in [1.807, 2.05) is 20.8 Å². The molecule has 1 fully saturated rings. The number of halogens is 1. The zero-order valence-electron chi connectivity index (χ0n) is 11.4. The van der Waals surface area contributed by atoms with Crippen LogP contribution in [0.2, 0.25) is 0 Å². The second-order valence-electron chi connectivity index (χ2n) is 5.95. The molecule has 0 aromatic carbocycles. The number of nitrogens with zero attached hydrogens (tertiary/aromatic N) is 2. The van der Waals surface area contributed by atoms with Crippen molar-refractivity contribution in [2.24, 2.45) is 5.92 Å². The SMILES string of the molecule is CC(C)(C)c1nnc(NC(=O)NC2CC(CF)C2)s1. The molecule has 19 heavy (non-hydrogen) atoms. The average molecular weight is 286 g/mol. The quantitative estimate of drug-likeness (QED) is 0.897. The maximum Gasteiger partial charge on any atom is 0.321 e. The summed E-state index contributed by atoms with van der Waals surface area (Å²) in [5, 5.41) is 14.8. The fourth-order valence-corrected chi connectivity index (χ4v) is 2.67. The fraction of sp³-hybridized carbons (Fsp3) is 0.750. The van der Waals surface area contributed by atoms with Crippen LogP contribution in [-0.2, 0) is 5.41 Å². The first-order valence-electron chi connectivity index (χ1n) is 6.36. The third kappa shape index (κ3) is 3.62. The van der Waals surface area contributed by atoms with Crippen LogP contribution in [-0.4, -0.2) is 28.9 Å². The summed E-state index contributed by atoms with van der Waals surface area (Å²) >= 11 is 1.37. The summed E-state index contributed by atoms with van der Waals surface area (Å²) in [6, 6.07) is -0.213. The molecule has 2 rings (SSSR count). The molecular weight excluding hydrogens is 267 g/mol. The second-order valence-corrected chi connectivity index (χ2v) is 6.93. The normalized spacial score (nSPS) is 22.7. The number of aromatic nitrogens is 2. The molecule has 7 heteroatoms. The highest BCUT2D eigenvalue weighted by atomic mass is 32.1. The molecule has 2 N–H and O–H groups in total. The van der Waals surface area contributed by atoms with E-state index in [9.17, 15) is 9.18 Å². The van der Waals surface area contributed by atoms with Crippen LogP contribution in [0.25, 0.3) is 0 Å². The number of urea groups is 1. The van der Waals surface area contributed by atoms with Crippen LogP contribution >= 0.6 is 11.3 Å². The minimum atomic E-state index is -0.300. The first kappa shape index (κ1) is 14.2. The van der Waals surface area contributed by atoms with E-state index in [0.717, 1.165) is 5.01 Å². The van der Waals surface area contributed by atoms with Gasteiger partial charge in [0, 0.05) is 11.5 Å². The van der Waals surface area contributed by atoms with Crippen LogP contribution in [0.1, 0.15) is 38.6 Å². The molecule has 106 valence electrons. The van der Waals surface area contributed by atoms with E-state index in [2.05, 4.69) is 20.8 Å². The Hall–Kier alpha value is -1.24. The van der Waals surface area contributed by atoms with Crippen molar-refractivity contribution >= 4 is 22.5 Å². The van der Waals surface area contributed by atoms with Crippen molar-refractivity contribution in [2.45, 2.75) is 45.1 Å². The van der Waals surface area contributed by atoms with Gasteiger partial charge >= 0.3 is 6.03 Å². The minimum Gasteiger partial charge on any atom is -0.335 e. The van der Waals surface area contributed by atoms with Crippen LogP contribution < -0.4 is 10.6 Å². The van der Waals surface area contributed by atoms with Gasteiger partial charge in [0.1, 0.15) is 5.01 Å². The molecule has 5 nitrogen and oxygen atoms in total. The Balaban J connectivity index is 1.81. The van der Waals surface area contributed by atoms with E-state index in [4.69, 9.17) is 0 Å². The van der Waals surface area contributed by atoms with Gasteiger partial charge in [0.25, 0.3) is 0 Å². The molecule has 0 aliphatic heterocycles. The zero-order chi connectivity index (χ0) is 14.0. The Morgan fingerprint density at radius 2 is 2.11 bits per heavy atom. The Morgan fingerprint density at radius 1 is 1.42 bits per heavy atom. The highest BCUT2D eigenvalue weighted by molar-refractivity contribution is 7.15. The number of anilines is 1. The average Bonchev–Trinajstić information content (AvgIpc) is 2.70. The summed E-state index contributed by atoms with van der Waals surface area (Å²) in [7, 11) is 0. The molecule has 1 aliphatic rings. The van der Waals surface area contributed by atoms with Gasteiger partial charge in [-0.2, -0.15) is 0 Å². The molecule has 0 radical (unpaired) electrons. The van der Waals surface area contributed by atoms with Crippen molar-refractivity contribution in [3.63, 3.8) is 0 Å². The molecule has 0 saturated heterocycles. The van der Waals surface area contributed by atoms with E-state index in [0.29, 0.717) is 18.0 Å². The second kappa shape index (κ2) is 5.40. The highest BCUT2D eigenvalue weighted by Crippen LogP contribution is 2.29. The number of hydrogen-bond donors (Lipinski definition) is 2. The van der Waals surface area contributed by atoms with Crippen molar-refractivity contribution in [1.29, 1.82) is 0 Å². The van der Waals surface area contributed by atoms with Crippen LogP contribution in [0.3, 0.4) is 0 Å². The molecule has 0 bridgehead atoms. The van der Waals surface area contributed by atoms with Crippen LogP contribution in [0, 0.1) is 5.92 Å². The summed E-state index contributed by atoms with van der Waals surface area (Å²) < 4.78 is 12.3. The monoisotopic (exact) mass is 286 g/mol. The molecule has 1 aromatic rings. The third-order valence-electron chi connectivity index (χ3n) is 3.08. The van der Waals surface area contributed by atoms with Gasteiger partial charge in [0.2, 0.25) is 5.13 Å². The first-order valence-corrected chi connectivity index (χ1v) is 7.17. The molecular formula is C12H19FN4OS. The molecule has 1 aromatic heterocycles. The Labute approximate surface area is 116 Å². The van der Waals surface area contributed by atoms with E-state index in [1.165, 1.54) is 11.3 Å². The third-order valence-corrected chi connectivity index (χ3v) is 4.34. The lowest BCUT2D eigenvalue weighted by atomic mass is 9.81. The van der Waals surface area contributed by atoms with Crippen LogP contribution in [0.4, 0.5) is 14.3 Å². The van der Waals surface area contributed by atoms with Gasteiger partial charge in [-0.25, -0.2) is 4.79 Å². The predicted octanol–water partition coefficient (Wildman–Crippen LogP) is 2.71. The van der Waals surface area contributed by atoms with E-state index in [1.54, 1.807) is 0 Å². The summed E-state index contributed by atoms with van der Waals surface area (Å²) in [6.45, 7) is 5.83. The summed E-state index contributed by atoms with van der Waals surface area (Å²) in [5.41, 5.74) is -0.0730. The topological polar surface area (TPSA) is 66.9 Å². The van der Waals surface area contributed by atoms with Crippen LogP contribution in [0.5, 0.6) is 0 Å². The lowest BCUT2D eigenvalue weighted by Gasteiger charge is -2.33. The van der Waals surface area contributed by atoms with Gasteiger partial charge in [-0.1, -0.05) is 32.1 Å². The van der Waals surface area contributed by atoms with Crippen molar-refractivity contribution in [3.05, 3.63) is 5.01 Å². The zero-order valence-corrected chi connectivity index (χ0v) is 12.2. The number of carbonyl (C=O) groups excluding carboxylic acids is 1. The lowest BCUT2D eigenvalue weighted by Crippen LogP contribution is -2.46. The van der Waals surface area contributed by atoms with Gasteiger partial charge in [-0.3, -0.25) is 9.71 Å². The maximum atomic E-state index is 12.3. The van der Waals surface area contributed by atoms with Crippen LogP contribution in [0.15, 0.2) is 0 Å². The standard InChI is InChI=1S/C12H19FN4OS/c1-12(2,3)9-16-17-11(19-9)15-10(18)14-8-4-7(5-8)6-13/h7-8H,4-6H2,1-3H3,(H2,14,15,17,18). The highest BCUT2D eigenvalue weighted by Gasteiger charge is 2.30. The van der Waals surface area contributed by atoms with Crippen molar-refractivity contribution in [3.8, 4) is 0 Å². The van der Waals surface area contributed by atoms with Gasteiger partial charge in [-0.15, -0.1) is 10.2 Å². The van der Waals surface area contributed by atoms with Gasteiger partial charge in [0.05, 0.1) is 6.67 Å². The van der Waals surface area contributed by atoms with Crippen molar-refractivity contribution in [2.75, 3.05) is 12.0 Å². The number of nitrogens with one attached hydrogen (secondary N) is 2. The fourth-order valence-electron chi connectivity index (χ4n) is 1.87. The largest absolute Gasteiger partial charge is 0.335 e.